The molecule has 0 aromatic carbocycles. The number of rotatable bonds is 0. The minimum absolute atomic E-state index is 0.0195. The van der Waals surface area contributed by atoms with Crippen LogP contribution in [-0.4, -0.2) is 22.9 Å². The lowest BCUT2D eigenvalue weighted by Gasteiger charge is -2.60. The van der Waals surface area contributed by atoms with E-state index in [0.29, 0.717) is 16.9 Å². The van der Waals surface area contributed by atoms with Crippen LogP contribution in [0.3, 0.4) is 0 Å². The first-order valence-electron chi connectivity index (χ1n) is 10.3. The Morgan fingerprint density at radius 2 is 1.65 bits per heavy atom. The molecule has 1 spiro atoms. The smallest absolute Gasteiger partial charge is 0.100 e. The molecule has 1 aliphatic heterocycles. The maximum absolute atomic E-state index is 10.1. The molecule has 0 aromatic heterocycles. The van der Waals surface area contributed by atoms with E-state index in [2.05, 4.69) is 20.8 Å². The zero-order valence-electron chi connectivity index (χ0n) is 15.2. The highest BCUT2D eigenvalue weighted by atomic mass is 16.6. The predicted molar refractivity (Wildman–Crippen MR) is 91.0 cm³/mol. The summed E-state index contributed by atoms with van der Waals surface area (Å²) in [6.45, 7) is 7.47. The number of fused-ring (bicyclic) bond motifs is 6. The van der Waals surface area contributed by atoms with E-state index < -0.39 is 0 Å². The molecule has 23 heavy (non-hydrogen) atoms. The van der Waals surface area contributed by atoms with Crippen LogP contribution >= 0.6 is 0 Å². The highest BCUT2D eigenvalue weighted by molar-refractivity contribution is 5.21. The van der Waals surface area contributed by atoms with Crippen LogP contribution in [0.25, 0.3) is 0 Å². The maximum atomic E-state index is 10.1. The molecule has 2 heteroatoms. The van der Waals surface area contributed by atoms with Crippen molar-refractivity contribution in [3.05, 3.63) is 0 Å². The third-order valence-electron chi connectivity index (χ3n) is 9.81. The quantitative estimate of drug-likeness (QED) is 0.665. The van der Waals surface area contributed by atoms with Gasteiger partial charge in [0.1, 0.15) is 5.60 Å². The molecule has 0 aromatic rings. The summed E-state index contributed by atoms with van der Waals surface area (Å²) in [5, 5.41) is 10.1. The average molecular weight is 319 g/mol. The summed E-state index contributed by atoms with van der Waals surface area (Å²) in [5.74, 6) is 3.52. The minimum atomic E-state index is -0.0195. The van der Waals surface area contributed by atoms with Crippen LogP contribution in [0, 0.1) is 34.5 Å². The Balaban J connectivity index is 1.45. The second-order valence-electron chi connectivity index (χ2n) is 10.2. The third kappa shape index (κ3) is 1.73. The second-order valence-corrected chi connectivity index (χ2v) is 10.2. The molecule has 0 bridgehead atoms. The van der Waals surface area contributed by atoms with Crippen molar-refractivity contribution in [3.63, 3.8) is 0 Å². The Labute approximate surface area is 141 Å². The highest BCUT2D eigenvalue weighted by Crippen LogP contribution is 2.72. The van der Waals surface area contributed by atoms with E-state index in [0.717, 1.165) is 36.5 Å². The molecular weight excluding hydrogens is 284 g/mol. The molecule has 4 aliphatic carbocycles. The maximum Gasteiger partial charge on any atom is 0.100 e. The summed E-state index contributed by atoms with van der Waals surface area (Å²) in [6.07, 6.45) is 12.2. The Hall–Kier alpha value is -0.0800. The summed E-state index contributed by atoms with van der Waals surface area (Å²) in [7, 11) is 0. The minimum Gasteiger partial charge on any atom is -0.393 e. The van der Waals surface area contributed by atoms with Crippen LogP contribution in [-0.2, 0) is 4.74 Å². The Morgan fingerprint density at radius 1 is 0.913 bits per heavy atom. The number of aliphatic hydroxyl groups is 1. The Morgan fingerprint density at radius 3 is 2.39 bits per heavy atom. The van der Waals surface area contributed by atoms with Gasteiger partial charge in [-0.25, -0.2) is 0 Å². The van der Waals surface area contributed by atoms with E-state index in [1.807, 2.05) is 0 Å². The molecule has 5 rings (SSSR count). The van der Waals surface area contributed by atoms with E-state index >= 15 is 0 Å². The van der Waals surface area contributed by atoms with Gasteiger partial charge in [-0.3, -0.25) is 0 Å². The van der Waals surface area contributed by atoms with Gasteiger partial charge in [0.05, 0.1) is 12.2 Å². The SMILES string of the molecule is CC1OC12CCC1C3CCC4C[C@@H](O)CC[C@]4(C)C3CC[C@@]12C. The average Bonchev–Trinajstić information content (AvgIpc) is 3.08. The first kappa shape index (κ1) is 15.2. The lowest BCUT2D eigenvalue weighted by molar-refractivity contribution is -0.128. The summed E-state index contributed by atoms with van der Waals surface area (Å²) in [5.41, 5.74) is 1.21. The molecule has 2 nitrogen and oxygen atoms in total. The third-order valence-corrected chi connectivity index (χ3v) is 9.81. The molecule has 0 amide bonds. The van der Waals surface area contributed by atoms with Gasteiger partial charge in [0.2, 0.25) is 0 Å². The molecule has 0 radical (unpaired) electrons. The van der Waals surface area contributed by atoms with Crippen molar-refractivity contribution >= 4 is 0 Å². The normalized spacial score (nSPS) is 64.2. The first-order valence-corrected chi connectivity index (χ1v) is 10.3. The summed E-state index contributed by atoms with van der Waals surface area (Å²) < 4.78 is 6.23. The first-order chi connectivity index (χ1) is 10.9. The molecule has 1 N–H and O–H groups in total. The van der Waals surface area contributed by atoms with Crippen LogP contribution < -0.4 is 0 Å². The predicted octanol–water partition coefficient (Wildman–Crippen LogP) is 4.55. The second kappa shape index (κ2) is 4.55. The highest BCUT2D eigenvalue weighted by Gasteiger charge is 2.73. The standard InChI is InChI=1S/C21H34O2/c1-13-21(23-13)11-8-18-16-5-4-14-12-15(22)6-9-19(14,2)17(16)7-10-20(18,21)3/h13-18,22H,4-12H2,1-3H3/t13?,14?,15-,16?,17?,18?,19-,20-,21?/m0/s1. The van der Waals surface area contributed by atoms with Gasteiger partial charge in [-0.1, -0.05) is 13.8 Å². The van der Waals surface area contributed by atoms with Crippen LogP contribution in [0.5, 0.6) is 0 Å². The Bertz CT molecular complexity index is 518. The number of hydrogen-bond acceptors (Lipinski definition) is 2. The van der Waals surface area contributed by atoms with Crippen molar-refractivity contribution in [1.82, 2.24) is 0 Å². The largest absolute Gasteiger partial charge is 0.393 e. The summed E-state index contributed by atoms with van der Waals surface area (Å²) in [4.78, 5) is 0. The summed E-state index contributed by atoms with van der Waals surface area (Å²) >= 11 is 0. The van der Waals surface area contributed by atoms with E-state index in [4.69, 9.17) is 4.74 Å². The van der Waals surface area contributed by atoms with E-state index in [1.165, 1.54) is 44.9 Å². The van der Waals surface area contributed by atoms with Gasteiger partial charge in [0.25, 0.3) is 0 Å². The number of aliphatic hydroxyl groups excluding tert-OH is 1. The van der Waals surface area contributed by atoms with Crippen LogP contribution in [0.15, 0.2) is 0 Å². The van der Waals surface area contributed by atoms with Crippen molar-refractivity contribution in [2.24, 2.45) is 34.5 Å². The lowest BCUT2D eigenvalue weighted by Crippen LogP contribution is -2.55. The molecule has 1 saturated heterocycles. The van der Waals surface area contributed by atoms with Crippen LogP contribution in [0.4, 0.5) is 0 Å². The summed E-state index contributed by atoms with van der Waals surface area (Å²) in [6, 6.07) is 0. The van der Waals surface area contributed by atoms with E-state index in [-0.39, 0.29) is 11.7 Å². The van der Waals surface area contributed by atoms with Crippen molar-refractivity contribution in [2.75, 3.05) is 0 Å². The fourth-order valence-electron chi connectivity index (χ4n) is 8.41. The van der Waals surface area contributed by atoms with Crippen LogP contribution in [0.2, 0.25) is 0 Å². The molecule has 1 heterocycles. The monoisotopic (exact) mass is 318 g/mol. The lowest BCUT2D eigenvalue weighted by atomic mass is 9.44. The van der Waals surface area contributed by atoms with Gasteiger partial charge in [-0.05, 0) is 93.8 Å². The molecular formula is C21H34O2. The van der Waals surface area contributed by atoms with Gasteiger partial charge >= 0.3 is 0 Å². The van der Waals surface area contributed by atoms with Crippen molar-refractivity contribution in [1.29, 1.82) is 0 Å². The fourth-order valence-corrected chi connectivity index (χ4v) is 8.41. The molecule has 9 atom stereocenters. The van der Waals surface area contributed by atoms with E-state index in [9.17, 15) is 5.11 Å². The Kier molecular flexibility index (Phi) is 3.01. The van der Waals surface area contributed by atoms with Crippen LogP contribution in [0.1, 0.15) is 78.6 Å². The molecule has 6 unspecified atom stereocenters. The van der Waals surface area contributed by atoms with Crippen molar-refractivity contribution in [2.45, 2.75) is 96.4 Å². The number of ether oxygens (including phenoxy) is 1. The number of hydrogen-bond donors (Lipinski definition) is 1. The molecule has 5 fully saturated rings. The van der Waals surface area contributed by atoms with Crippen molar-refractivity contribution in [3.8, 4) is 0 Å². The van der Waals surface area contributed by atoms with Gasteiger partial charge in [0.15, 0.2) is 0 Å². The van der Waals surface area contributed by atoms with Gasteiger partial charge in [0, 0.05) is 5.41 Å². The zero-order chi connectivity index (χ0) is 16.0. The molecule has 5 aliphatic rings. The number of epoxide rings is 1. The van der Waals surface area contributed by atoms with Crippen molar-refractivity contribution < 1.29 is 9.84 Å². The topological polar surface area (TPSA) is 32.8 Å². The molecule has 130 valence electrons. The molecule has 4 saturated carbocycles. The van der Waals surface area contributed by atoms with Gasteiger partial charge in [-0.2, -0.15) is 0 Å². The fraction of sp³-hybridized carbons (Fsp3) is 1.00. The van der Waals surface area contributed by atoms with E-state index in [1.54, 1.807) is 0 Å². The van der Waals surface area contributed by atoms with Gasteiger partial charge < -0.3 is 9.84 Å². The zero-order valence-corrected chi connectivity index (χ0v) is 15.2. The van der Waals surface area contributed by atoms with Gasteiger partial charge in [-0.15, -0.1) is 0 Å².